The normalized spacial score (nSPS) is 31.0. The first-order valence-electron chi connectivity index (χ1n) is 7.68. The van der Waals surface area contributed by atoms with Crippen LogP contribution in [0.4, 0.5) is 0 Å². The van der Waals surface area contributed by atoms with Crippen LogP contribution in [0.5, 0.6) is 0 Å². The fraction of sp³-hybridized carbons (Fsp3) is 0.733. The summed E-state index contributed by atoms with van der Waals surface area (Å²) in [5.74, 6) is 1.66. The average molecular weight is 345 g/mol. The van der Waals surface area contributed by atoms with Gasteiger partial charge in [-0.2, -0.15) is 16.9 Å². The van der Waals surface area contributed by atoms with Gasteiger partial charge in [0.25, 0.3) is 0 Å². The molecule has 1 aromatic rings. The number of aryl methyl sites for hydroxylation is 1. The number of nitrogens with zero attached hydrogens (tertiary/aromatic N) is 2. The number of halogens is 1. The highest BCUT2D eigenvalue weighted by molar-refractivity contribution is 8.00. The van der Waals surface area contributed by atoms with Gasteiger partial charge in [-0.05, 0) is 31.1 Å². The highest BCUT2D eigenvalue weighted by Gasteiger charge is 2.36. The molecule has 2 saturated heterocycles. The number of aromatic nitrogens is 2. The SMILES string of the molecule is Cl.Cn1cc([C@H]2CNC[C@@H]2C(=O)NCC2(C)CCCS2)cn1. The average Bonchev–Trinajstić information content (AvgIpc) is 3.16. The molecule has 1 amide bonds. The molecule has 2 N–H and O–H groups in total. The Kier molecular flexibility index (Phi) is 5.80. The molecule has 0 aromatic carbocycles. The van der Waals surface area contributed by atoms with Crippen LogP contribution >= 0.6 is 24.2 Å². The van der Waals surface area contributed by atoms with Gasteiger partial charge in [-0.3, -0.25) is 9.48 Å². The lowest BCUT2D eigenvalue weighted by molar-refractivity contribution is -0.124. The molecule has 3 heterocycles. The van der Waals surface area contributed by atoms with Gasteiger partial charge in [0, 0.05) is 43.5 Å². The van der Waals surface area contributed by atoms with Gasteiger partial charge in [-0.25, -0.2) is 0 Å². The van der Waals surface area contributed by atoms with Crippen LogP contribution in [0.15, 0.2) is 12.4 Å². The Balaban J connectivity index is 0.00000176. The maximum atomic E-state index is 12.5. The summed E-state index contributed by atoms with van der Waals surface area (Å²) in [5.41, 5.74) is 1.16. The largest absolute Gasteiger partial charge is 0.354 e. The molecule has 2 aliphatic rings. The number of hydrogen-bond donors (Lipinski definition) is 2. The van der Waals surface area contributed by atoms with Crippen molar-refractivity contribution in [1.82, 2.24) is 20.4 Å². The van der Waals surface area contributed by atoms with Crippen LogP contribution in [-0.2, 0) is 11.8 Å². The first-order chi connectivity index (χ1) is 10.1. The first-order valence-corrected chi connectivity index (χ1v) is 8.67. The Morgan fingerprint density at radius 2 is 2.41 bits per heavy atom. The second-order valence-corrected chi connectivity index (χ2v) is 8.12. The first kappa shape index (κ1) is 17.6. The summed E-state index contributed by atoms with van der Waals surface area (Å²) in [6.07, 6.45) is 6.37. The fourth-order valence-corrected chi connectivity index (χ4v) is 4.56. The molecule has 1 aromatic heterocycles. The molecule has 0 saturated carbocycles. The molecule has 0 aliphatic carbocycles. The van der Waals surface area contributed by atoms with Crippen molar-refractivity contribution in [2.75, 3.05) is 25.4 Å². The van der Waals surface area contributed by atoms with Gasteiger partial charge >= 0.3 is 0 Å². The van der Waals surface area contributed by atoms with Gasteiger partial charge in [0.15, 0.2) is 0 Å². The lowest BCUT2D eigenvalue weighted by Crippen LogP contribution is -2.41. The molecule has 0 radical (unpaired) electrons. The third-order valence-electron chi connectivity index (χ3n) is 4.64. The van der Waals surface area contributed by atoms with Crippen molar-refractivity contribution in [3.8, 4) is 0 Å². The van der Waals surface area contributed by atoms with E-state index in [0.29, 0.717) is 0 Å². The molecule has 2 fully saturated rings. The molecule has 0 spiro atoms. The molecule has 22 heavy (non-hydrogen) atoms. The van der Waals surface area contributed by atoms with E-state index in [1.807, 2.05) is 31.2 Å². The zero-order valence-electron chi connectivity index (χ0n) is 13.2. The third-order valence-corrected chi connectivity index (χ3v) is 6.18. The number of thioether (sulfide) groups is 1. The minimum atomic E-state index is 0. The molecular weight excluding hydrogens is 320 g/mol. The molecule has 3 atom stereocenters. The molecule has 2 aliphatic heterocycles. The van der Waals surface area contributed by atoms with Crippen molar-refractivity contribution in [3.05, 3.63) is 18.0 Å². The number of rotatable bonds is 4. The Morgan fingerprint density at radius 1 is 1.59 bits per heavy atom. The van der Waals surface area contributed by atoms with Crippen LogP contribution in [0.25, 0.3) is 0 Å². The molecular formula is C15H25ClN4OS. The lowest BCUT2D eigenvalue weighted by atomic mass is 9.90. The summed E-state index contributed by atoms with van der Waals surface area (Å²) in [4.78, 5) is 12.5. The van der Waals surface area contributed by atoms with E-state index < -0.39 is 0 Å². The smallest absolute Gasteiger partial charge is 0.225 e. The van der Waals surface area contributed by atoms with E-state index >= 15 is 0 Å². The van der Waals surface area contributed by atoms with Crippen LogP contribution in [0, 0.1) is 5.92 Å². The van der Waals surface area contributed by atoms with E-state index in [1.54, 1.807) is 4.68 Å². The molecule has 124 valence electrons. The zero-order valence-corrected chi connectivity index (χ0v) is 14.8. The van der Waals surface area contributed by atoms with Crippen molar-refractivity contribution in [2.24, 2.45) is 13.0 Å². The summed E-state index contributed by atoms with van der Waals surface area (Å²) in [6.45, 7) is 4.66. The number of amides is 1. The van der Waals surface area contributed by atoms with Gasteiger partial charge in [0.05, 0.1) is 12.1 Å². The number of nitrogens with one attached hydrogen (secondary N) is 2. The van der Waals surface area contributed by atoms with Crippen molar-refractivity contribution in [3.63, 3.8) is 0 Å². The van der Waals surface area contributed by atoms with E-state index in [4.69, 9.17) is 0 Å². The minimum absolute atomic E-state index is 0. The van der Waals surface area contributed by atoms with E-state index in [9.17, 15) is 4.79 Å². The molecule has 0 bridgehead atoms. The van der Waals surface area contributed by atoms with Gasteiger partial charge < -0.3 is 10.6 Å². The number of carbonyl (C=O) groups is 1. The number of carbonyl (C=O) groups excluding carboxylic acids is 1. The van der Waals surface area contributed by atoms with Crippen LogP contribution in [0.3, 0.4) is 0 Å². The van der Waals surface area contributed by atoms with Crippen molar-refractivity contribution >= 4 is 30.1 Å². The van der Waals surface area contributed by atoms with E-state index in [2.05, 4.69) is 22.7 Å². The van der Waals surface area contributed by atoms with E-state index in [-0.39, 0.29) is 34.9 Å². The monoisotopic (exact) mass is 344 g/mol. The van der Waals surface area contributed by atoms with E-state index in [0.717, 1.165) is 25.2 Å². The number of hydrogen-bond acceptors (Lipinski definition) is 4. The summed E-state index contributed by atoms with van der Waals surface area (Å²) in [6, 6.07) is 0. The summed E-state index contributed by atoms with van der Waals surface area (Å²) >= 11 is 1.99. The second-order valence-electron chi connectivity index (χ2n) is 6.44. The third kappa shape index (κ3) is 3.78. The molecule has 5 nitrogen and oxygen atoms in total. The second kappa shape index (κ2) is 7.23. The van der Waals surface area contributed by atoms with Crippen molar-refractivity contribution in [1.29, 1.82) is 0 Å². The van der Waals surface area contributed by atoms with Gasteiger partial charge in [0.1, 0.15) is 0 Å². The zero-order chi connectivity index (χ0) is 14.9. The predicted octanol–water partition coefficient (Wildman–Crippen LogP) is 1.55. The van der Waals surface area contributed by atoms with Crippen LogP contribution in [0.1, 0.15) is 31.2 Å². The standard InChI is InChI=1S/C15H24N4OS.ClH/c1-15(4-3-5-21-15)10-17-14(20)13-8-16-7-12(13)11-6-18-19(2)9-11;/h6,9,12-13,16H,3-5,7-8,10H2,1-2H3,(H,17,20);1H/t12-,13+,15?;/m1./s1. The van der Waals surface area contributed by atoms with Crippen LogP contribution in [-0.4, -0.2) is 45.8 Å². The topological polar surface area (TPSA) is 59.0 Å². The lowest BCUT2D eigenvalue weighted by Gasteiger charge is -2.25. The van der Waals surface area contributed by atoms with Crippen LogP contribution in [0.2, 0.25) is 0 Å². The van der Waals surface area contributed by atoms with Crippen molar-refractivity contribution in [2.45, 2.75) is 30.4 Å². The van der Waals surface area contributed by atoms with Crippen LogP contribution < -0.4 is 10.6 Å². The van der Waals surface area contributed by atoms with Gasteiger partial charge in [-0.1, -0.05) is 0 Å². The van der Waals surface area contributed by atoms with Crippen molar-refractivity contribution < 1.29 is 4.79 Å². The Bertz CT molecular complexity index is 515. The minimum Gasteiger partial charge on any atom is -0.354 e. The maximum Gasteiger partial charge on any atom is 0.225 e. The molecule has 3 rings (SSSR count). The Hall–Kier alpha value is -0.720. The summed E-state index contributed by atoms with van der Waals surface area (Å²) in [5, 5.41) is 10.8. The predicted molar refractivity (Wildman–Crippen MR) is 92.7 cm³/mol. The molecule has 7 heteroatoms. The van der Waals surface area contributed by atoms with Gasteiger partial charge in [0.2, 0.25) is 5.91 Å². The Morgan fingerprint density at radius 3 is 3.05 bits per heavy atom. The summed E-state index contributed by atoms with van der Waals surface area (Å²) < 4.78 is 2.03. The van der Waals surface area contributed by atoms with Gasteiger partial charge in [-0.15, -0.1) is 12.4 Å². The van der Waals surface area contributed by atoms with E-state index in [1.165, 1.54) is 18.6 Å². The Labute approximate surface area is 142 Å². The fourth-order valence-electron chi connectivity index (χ4n) is 3.32. The molecule has 1 unspecified atom stereocenters. The summed E-state index contributed by atoms with van der Waals surface area (Å²) in [7, 11) is 1.92. The highest BCUT2D eigenvalue weighted by atomic mass is 35.5. The maximum absolute atomic E-state index is 12.5. The highest BCUT2D eigenvalue weighted by Crippen LogP contribution is 2.37. The quantitative estimate of drug-likeness (QED) is 0.870.